The zero-order chi connectivity index (χ0) is 14.8. The van der Waals surface area contributed by atoms with Crippen LogP contribution in [0.2, 0.25) is 5.02 Å². The molecule has 0 aliphatic carbocycles. The number of nitrogens with zero attached hydrogens (tertiary/aromatic N) is 1. The van der Waals surface area contributed by atoms with Crippen LogP contribution in [0, 0.1) is 0 Å². The van der Waals surface area contributed by atoms with E-state index < -0.39 is 5.54 Å². The second kappa shape index (κ2) is 6.43. The highest BCUT2D eigenvalue weighted by Gasteiger charge is 2.35. The van der Waals surface area contributed by atoms with Gasteiger partial charge in [-0.25, -0.2) is 0 Å². The minimum absolute atomic E-state index is 0.0116. The second-order valence-electron chi connectivity index (χ2n) is 5.37. The fourth-order valence-electron chi connectivity index (χ4n) is 2.23. The molecule has 2 rings (SSSR count). The van der Waals surface area contributed by atoms with Gasteiger partial charge in [-0.15, -0.1) is 0 Å². The molecule has 110 valence electrons. The summed E-state index contributed by atoms with van der Waals surface area (Å²) in [4.78, 5) is 14.7. The first kappa shape index (κ1) is 15.8. The van der Waals surface area contributed by atoms with Gasteiger partial charge >= 0.3 is 0 Å². The highest BCUT2D eigenvalue weighted by atomic mass is 79.9. The normalized spacial score (nSPS) is 17.0. The molecule has 1 heterocycles. The average Bonchev–Trinajstić information content (AvgIpc) is 2.42. The predicted molar refractivity (Wildman–Crippen MR) is 86.3 cm³/mol. The number of amides is 1. The Morgan fingerprint density at radius 3 is 2.65 bits per heavy atom. The number of rotatable bonds is 3. The zero-order valence-electron chi connectivity index (χ0n) is 11.7. The highest BCUT2D eigenvalue weighted by Crippen LogP contribution is 2.27. The minimum atomic E-state index is -0.540. The molecule has 1 amide bonds. The van der Waals surface area contributed by atoms with E-state index in [1.54, 1.807) is 18.2 Å². The lowest BCUT2D eigenvalue weighted by Crippen LogP contribution is -2.58. The number of carbonyl (C=O) groups is 1. The van der Waals surface area contributed by atoms with Crippen LogP contribution < -0.4 is 10.6 Å². The van der Waals surface area contributed by atoms with Crippen molar-refractivity contribution in [3.8, 4) is 0 Å². The number of anilines is 1. The molecule has 0 saturated carbocycles. The number of nitrogens with one attached hydrogen (secondary N) is 2. The van der Waals surface area contributed by atoms with Crippen molar-refractivity contribution in [1.82, 2.24) is 10.2 Å². The highest BCUT2D eigenvalue weighted by molar-refractivity contribution is 9.10. The van der Waals surface area contributed by atoms with Gasteiger partial charge in [-0.1, -0.05) is 11.6 Å². The van der Waals surface area contributed by atoms with Crippen molar-refractivity contribution in [2.24, 2.45) is 0 Å². The fraction of sp³-hybridized carbons (Fsp3) is 0.500. The first-order chi connectivity index (χ1) is 9.41. The van der Waals surface area contributed by atoms with Crippen LogP contribution >= 0.6 is 27.5 Å². The summed E-state index contributed by atoms with van der Waals surface area (Å²) in [6.45, 7) is 7.50. The fourth-order valence-corrected chi connectivity index (χ4v) is 3.02. The standard InChI is InChI=1S/C14H19BrClN3O/c1-14(2,19-7-5-17-6-8-19)13(20)18-12-4-3-10(16)9-11(12)15/h3-4,9,17H,5-8H2,1-2H3,(H,18,20). The molecule has 0 atom stereocenters. The van der Waals surface area contributed by atoms with E-state index >= 15 is 0 Å². The van der Waals surface area contributed by atoms with E-state index in [4.69, 9.17) is 11.6 Å². The van der Waals surface area contributed by atoms with Crippen molar-refractivity contribution in [2.75, 3.05) is 31.5 Å². The molecule has 4 nitrogen and oxygen atoms in total. The lowest BCUT2D eigenvalue weighted by atomic mass is 10.0. The number of carbonyl (C=O) groups excluding carboxylic acids is 1. The summed E-state index contributed by atoms with van der Waals surface area (Å²) in [5.41, 5.74) is 0.198. The molecule has 1 aromatic rings. The van der Waals surface area contributed by atoms with Crippen LogP contribution in [0.15, 0.2) is 22.7 Å². The monoisotopic (exact) mass is 359 g/mol. The Bertz CT molecular complexity index is 501. The largest absolute Gasteiger partial charge is 0.323 e. The summed E-state index contributed by atoms with van der Waals surface area (Å²) in [6, 6.07) is 5.34. The van der Waals surface area contributed by atoms with Gasteiger partial charge in [0.1, 0.15) is 0 Å². The number of hydrogen-bond donors (Lipinski definition) is 2. The maximum absolute atomic E-state index is 12.5. The van der Waals surface area contributed by atoms with Crippen LogP contribution in [0.1, 0.15) is 13.8 Å². The summed E-state index contributed by atoms with van der Waals surface area (Å²) >= 11 is 9.32. The van der Waals surface area contributed by atoms with Gasteiger partial charge in [0.15, 0.2) is 0 Å². The maximum Gasteiger partial charge on any atom is 0.244 e. The van der Waals surface area contributed by atoms with Gasteiger partial charge in [-0.3, -0.25) is 9.69 Å². The molecule has 1 aromatic carbocycles. The third-order valence-corrected chi connectivity index (χ3v) is 4.53. The van der Waals surface area contributed by atoms with Crippen molar-refractivity contribution in [3.63, 3.8) is 0 Å². The molecule has 0 unspecified atom stereocenters. The van der Waals surface area contributed by atoms with E-state index in [0.717, 1.165) is 36.3 Å². The minimum Gasteiger partial charge on any atom is -0.323 e. The smallest absolute Gasteiger partial charge is 0.244 e. The maximum atomic E-state index is 12.5. The molecule has 2 N–H and O–H groups in total. The first-order valence-corrected chi connectivity index (χ1v) is 7.80. The van der Waals surface area contributed by atoms with E-state index in [-0.39, 0.29) is 5.91 Å². The molecule has 1 fully saturated rings. The lowest BCUT2D eigenvalue weighted by molar-refractivity contribution is -0.126. The van der Waals surface area contributed by atoms with Crippen LogP contribution in [-0.2, 0) is 4.79 Å². The van der Waals surface area contributed by atoms with Gasteiger partial charge < -0.3 is 10.6 Å². The number of hydrogen-bond acceptors (Lipinski definition) is 3. The van der Waals surface area contributed by atoms with E-state index in [2.05, 4.69) is 31.5 Å². The Morgan fingerprint density at radius 2 is 2.05 bits per heavy atom. The Balaban J connectivity index is 2.09. The molecule has 1 aliphatic heterocycles. The number of halogens is 2. The van der Waals surface area contributed by atoms with E-state index in [1.165, 1.54) is 0 Å². The molecule has 0 bridgehead atoms. The Kier molecular flexibility index (Phi) is 5.07. The molecule has 6 heteroatoms. The second-order valence-corrected chi connectivity index (χ2v) is 6.67. The van der Waals surface area contributed by atoms with E-state index in [0.29, 0.717) is 5.02 Å². The van der Waals surface area contributed by atoms with Crippen LogP contribution in [-0.4, -0.2) is 42.5 Å². The Morgan fingerprint density at radius 1 is 1.40 bits per heavy atom. The van der Waals surface area contributed by atoms with Crippen molar-refractivity contribution in [2.45, 2.75) is 19.4 Å². The number of benzene rings is 1. The lowest BCUT2D eigenvalue weighted by Gasteiger charge is -2.39. The van der Waals surface area contributed by atoms with Crippen molar-refractivity contribution < 1.29 is 4.79 Å². The zero-order valence-corrected chi connectivity index (χ0v) is 14.0. The van der Waals surface area contributed by atoms with Gasteiger partial charge in [0, 0.05) is 35.7 Å². The molecule has 0 spiro atoms. The summed E-state index contributed by atoms with van der Waals surface area (Å²) in [5, 5.41) is 6.90. The third-order valence-electron chi connectivity index (χ3n) is 3.64. The van der Waals surface area contributed by atoms with Gasteiger partial charge in [0.05, 0.1) is 11.2 Å². The van der Waals surface area contributed by atoms with Gasteiger partial charge in [-0.2, -0.15) is 0 Å². The molecular weight excluding hydrogens is 342 g/mol. The van der Waals surface area contributed by atoms with Crippen molar-refractivity contribution in [1.29, 1.82) is 0 Å². The summed E-state index contributed by atoms with van der Waals surface area (Å²) < 4.78 is 0.787. The quantitative estimate of drug-likeness (QED) is 0.871. The third kappa shape index (κ3) is 3.52. The van der Waals surface area contributed by atoms with Crippen LogP contribution in [0.5, 0.6) is 0 Å². The van der Waals surface area contributed by atoms with Crippen LogP contribution in [0.25, 0.3) is 0 Å². The summed E-state index contributed by atoms with van der Waals surface area (Å²) in [6.07, 6.45) is 0. The van der Waals surface area contributed by atoms with Crippen molar-refractivity contribution >= 4 is 39.1 Å². The summed E-state index contributed by atoms with van der Waals surface area (Å²) in [7, 11) is 0. The predicted octanol–water partition coefficient (Wildman–Crippen LogP) is 2.72. The Labute approximate surface area is 133 Å². The first-order valence-electron chi connectivity index (χ1n) is 6.63. The van der Waals surface area contributed by atoms with Gasteiger partial charge in [0.25, 0.3) is 0 Å². The van der Waals surface area contributed by atoms with E-state index in [1.807, 2.05) is 13.8 Å². The molecule has 20 heavy (non-hydrogen) atoms. The SMILES string of the molecule is CC(C)(C(=O)Nc1ccc(Cl)cc1Br)N1CCNCC1. The summed E-state index contributed by atoms with van der Waals surface area (Å²) in [5.74, 6) is -0.0116. The van der Waals surface area contributed by atoms with Gasteiger partial charge in [0.2, 0.25) is 5.91 Å². The molecular formula is C14H19BrClN3O. The Hall–Kier alpha value is -0.620. The molecule has 1 saturated heterocycles. The average molecular weight is 361 g/mol. The van der Waals surface area contributed by atoms with Crippen LogP contribution in [0.3, 0.4) is 0 Å². The molecule has 0 radical (unpaired) electrons. The van der Waals surface area contributed by atoms with Crippen LogP contribution in [0.4, 0.5) is 5.69 Å². The molecule has 1 aliphatic rings. The van der Waals surface area contributed by atoms with Crippen molar-refractivity contribution in [3.05, 3.63) is 27.7 Å². The van der Waals surface area contributed by atoms with E-state index in [9.17, 15) is 4.79 Å². The topological polar surface area (TPSA) is 44.4 Å². The van der Waals surface area contributed by atoms with Gasteiger partial charge in [-0.05, 0) is 48.0 Å². The number of piperazine rings is 1. The molecule has 0 aromatic heterocycles.